The van der Waals surface area contributed by atoms with Gasteiger partial charge in [-0.3, -0.25) is 4.98 Å². The largest absolute Gasteiger partial charge is 0.253 e. The summed E-state index contributed by atoms with van der Waals surface area (Å²) in [4.78, 5) is 3.70. The Morgan fingerprint density at radius 1 is 1.17 bits per heavy atom. The first-order valence-electron chi connectivity index (χ1n) is 3.39. The number of fused-ring (bicyclic) bond motifs is 1. The van der Waals surface area contributed by atoms with Gasteiger partial charge >= 0.3 is 0 Å². The van der Waals surface area contributed by atoms with Gasteiger partial charge in [0.2, 0.25) is 0 Å². The predicted octanol–water partition coefficient (Wildman–Crippen LogP) is 2.31. The van der Waals surface area contributed by atoms with Crippen LogP contribution in [0.4, 0.5) is 8.78 Å². The van der Waals surface area contributed by atoms with Gasteiger partial charge in [0.25, 0.3) is 0 Å². The lowest BCUT2D eigenvalue weighted by Crippen LogP contribution is -1.86. The topological polar surface area (TPSA) is 12.9 Å². The third kappa shape index (κ3) is 0.942. The molecular formula is C9H4F2N. The van der Waals surface area contributed by atoms with E-state index in [2.05, 4.69) is 11.1 Å². The second-order valence-electron chi connectivity index (χ2n) is 2.34. The van der Waals surface area contributed by atoms with Crippen molar-refractivity contribution in [3.63, 3.8) is 0 Å². The van der Waals surface area contributed by atoms with Gasteiger partial charge < -0.3 is 0 Å². The normalized spacial score (nSPS) is 10.5. The van der Waals surface area contributed by atoms with E-state index in [1.165, 1.54) is 12.3 Å². The van der Waals surface area contributed by atoms with Gasteiger partial charge in [0, 0.05) is 11.6 Å². The summed E-state index contributed by atoms with van der Waals surface area (Å²) in [5.74, 6) is -1.03. The number of aromatic nitrogens is 1. The Balaban J connectivity index is 2.95. The van der Waals surface area contributed by atoms with Crippen molar-refractivity contribution in [2.24, 2.45) is 0 Å². The van der Waals surface area contributed by atoms with E-state index in [-0.39, 0.29) is 10.9 Å². The van der Waals surface area contributed by atoms with Crippen LogP contribution in [-0.4, -0.2) is 4.98 Å². The first-order valence-corrected chi connectivity index (χ1v) is 3.39. The van der Waals surface area contributed by atoms with Gasteiger partial charge in [-0.05, 0) is 24.3 Å². The monoisotopic (exact) mass is 164 g/mol. The molecule has 0 spiro atoms. The quantitative estimate of drug-likeness (QED) is 0.582. The minimum atomic E-state index is -0.525. The Bertz CT molecular complexity index is 385. The van der Waals surface area contributed by atoms with E-state index in [0.717, 1.165) is 12.1 Å². The summed E-state index contributed by atoms with van der Waals surface area (Å²) < 4.78 is 25.8. The second kappa shape index (κ2) is 2.52. The Hall–Kier alpha value is -1.51. The van der Waals surface area contributed by atoms with Crippen LogP contribution in [0.2, 0.25) is 0 Å². The van der Waals surface area contributed by atoms with Gasteiger partial charge in [-0.15, -0.1) is 0 Å². The third-order valence-corrected chi connectivity index (χ3v) is 1.58. The van der Waals surface area contributed by atoms with Crippen LogP contribution in [0, 0.1) is 17.7 Å². The van der Waals surface area contributed by atoms with Crippen LogP contribution in [0.5, 0.6) is 0 Å². The Morgan fingerprint density at radius 3 is 2.67 bits per heavy atom. The molecule has 2 rings (SSSR count). The van der Waals surface area contributed by atoms with Crippen molar-refractivity contribution in [1.82, 2.24) is 4.98 Å². The number of hydrogen-bond acceptors (Lipinski definition) is 1. The zero-order valence-corrected chi connectivity index (χ0v) is 6.01. The van der Waals surface area contributed by atoms with Gasteiger partial charge in [0.05, 0.1) is 0 Å². The molecule has 0 atom stereocenters. The smallest absolute Gasteiger partial charge is 0.149 e. The molecule has 0 fully saturated rings. The van der Waals surface area contributed by atoms with Crippen molar-refractivity contribution in [3.8, 4) is 0 Å². The minimum Gasteiger partial charge on any atom is -0.253 e. The Labute approximate surface area is 67.7 Å². The number of hydrogen-bond donors (Lipinski definition) is 0. The van der Waals surface area contributed by atoms with Crippen molar-refractivity contribution < 1.29 is 8.78 Å². The van der Waals surface area contributed by atoms with E-state index in [0.29, 0.717) is 0 Å². The summed E-state index contributed by atoms with van der Waals surface area (Å²) in [6, 6.07) is 6.15. The van der Waals surface area contributed by atoms with Gasteiger partial charge in [0.1, 0.15) is 17.2 Å². The zero-order valence-electron chi connectivity index (χ0n) is 6.01. The number of pyridine rings is 1. The summed E-state index contributed by atoms with van der Waals surface area (Å²) in [5.41, 5.74) is 0.0255. The molecule has 0 amide bonds. The minimum absolute atomic E-state index is 0.0255. The molecule has 0 unspecified atom stereocenters. The van der Waals surface area contributed by atoms with Crippen LogP contribution < -0.4 is 0 Å². The maximum Gasteiger partial charge on any atom is 0.149 e. The van der Waals surface area contributed by atoms with Crippen LogP contribution in [0.3, 0.4) is 0 Å². The second-order valence-corrected chi connectivity index (χ2v) is 2.34. The highest BCUT2D eigenvalue weighted by atomic mass is 19.1. The molecule has 59 valence electrons. The number of benzene rings is 1. The summed E-state index contributed by atoms with van der Waals surface area (Å²) >= 11 is 0. The lowest BCUT2D eigenvalue weighted by atomic mass is 10.2. The molecule has 0 saturated carbocycles. The molecule has 1 heterocycles. The molecule has 0 bridgehead atoms. The molecule has 0 N–H and O–H groups in total. The lowest BCUT2D eigenvalue weighted by molar-refractivity contribution is 0.615. The summed E-state index contributed by atoms with van der Waals surface area (Å²) in [5, 5.41) is 0.0949. The molecule has 0 aliphatic carbocycles. The molecule has 1 aromatic carbocycles. The number of nitrogens with zero attached hydrogens (tertiary/aromatic N) is 1. The van der Waals surface area contributed by atoms with Gasteiger partial charge in [-0.1, -0.05) is 0 Å². The van der Waals surface area contributed by atoms with E-state index in [4.69, 9.17) is 0 Å². The van der Waals surface area contributed by atoms with Crippen molar-refractivity contribution in [3.05, 3.63) is 42.1 Å². The van der Waals surface area contributed by atoms with Crippen molar-refractivity contribution in [2.75, 3.05) is 0 Å². The average molecular weight is 164 g/mol. The van der Waals surface area contributed by atoms with Crippen LogP contribution in [-0.2, 0) is 0 Å². The SMILES string of the molecule is Fc1ccc(F)c2ncc[c]c12. The fraction of sp³-hybridized carbons (Fsp3) is 0. The van der Waals surface area contributed by atoms with E-state index >= 15 is 0 Å². The molecule has 1 aromatic heterocycles. The van der Waals surface area contributed by atoms with Crippen LogP contribution in [0.15, 0.2) is 24.4 Å². The molecular weight excluding hydrogens is 160 g/mol. The highest BCUT2D eigenvalue weighted by molar-refractivity contribution is 5.78. The van der Waals surface area contributed by atoms with E-state index in [9.17, 15) is 8.78 Å². The summed E-state index contributed by atoms with van der Waals surface area (Å²) in [6.07, 6.45) is 1.38. The predicted molar refractivity (Wildman–Crippen MR) is 40.5 cm³/mol. The van der Waals surface area contributed by atoms with Gasteiger partial charge in [-0.25, -0.2) is 8.78 Å². The first kappa shape index (κ1) is 7.16. The van der Waals surface area contributed by atoms with E-state index in [1.807, 2.05) is 0 Å². The lowest BCUT2D eigenvalue weighted by Gasteiger charge is -1.97. The fourth-order valence-corrected chi connectivity index (χ4v) is 1.04. The number of halogens is 2. The summed E-state index contributed by atoms with van der Waals surface area (Å²) in [7, 11) is 0. The molecule has 3 heteroatoms. The van der Waals surface area contributed by atoms with Crippen molar-refractivity contribution >= 4 is 10.9 Å². The van der Waals surface area contributed by atoms with Crippen molar-refractivity contribution in [2.45, 2.75) is 0 Å². The maximum absolute atomic E-state index is 12.9. The molecule has 0 aliphatic heterocycles. The number of rotatable bonds is 0. The van der Waals surface area contributed by atoms with Crippen LogP contribution in [0.1, 0.15) is 0 Å². The van der Waals surface area contributed by atoms with Gasteiger partial charge in [-0.2, -0.15) is 0 Å². The highest BCUT2D eigenvalue weighted by Gasteiger charge is 2.04. The average Bonchev–Trinajstić information content (AvgIpc) is 2.12. The first-order chi connectivity index (χ1) is 5.79. The Kier molecular flexibility index (Phi) is 1.50. The molecule has 0 saturated heterocycles. The molecule has 2 aromatic rings. The van der Waals surface area contributed by atoms with Gasteiger partial charge in [0.15, 0.2) is 0 Å². The molecule has 0 aliphatic rings. The van der Waals surface area contributed by atoms with E-state index in [1.54, 1.807) is 0 Å². The zero-order chi connectivity index (χ0) is 8.55. The highest BCUT2D eigenvalue weighted by Crippen LogP contribution is 2.17. The van der Waals surface area contributed by atoms with Crippen molar-refractivity contribution in [1.29, 1.82) is 0 Å². The van der Waals surface area contributed by atoms with E-state index < -0.39 is 11.6 Å². The standard InChI is InChI=1S/C9H4F2N/c10-7-3-4-8(11)9-6(7)2-1-5-12-9/h1,3-5H. The third-order valence-electron chi connectivity index (χ3n) is 1.58. The van der Waals surface area contributed by atoms with Crippen LogP contribution >= 0.6 is 0 Å². The fourth-order valence-electron chi connectivity index (χ4n) is 1.04. The summed E-state index contributed by atoms with van der Waals surface area (Å²) in [6.45, 7) is 0. The molecule has 1 nitrogen and oxygen atoms in total. The maximum atomic E-state index is 12.9. The molecule has 1 radical (unpaired) electrons. The Morgan fingerprint density at radius 2 is 1.92 bits per heavy atom. The molecule has 12 heavy (non-hydrogen) atoms. The van der Waals surface area contributed by atoms with Crippen LogP contribution in [0.25, 0.3) is 10.9 Å².